The summed E-state index contributed by atoms with van der Waals surface area (Å²) in [6.45, 7) is 3.82. The lowest BCUT2D eigenvalue weighted by Gasteiger charge is -2.23. The third kappa shape index (κ3) is 2.37. The molecule has 0 saturated heterocycles. The zero-order valence-corrected chi connectivity index (χ0v) is 10.7. The Bertz CT molecular complexity index is 529. The van der Waals surface area contributed by atoms with E-state index in [1.807, 2.05) is 26.0 Å². The number of aromatic amines is 1. The zero-order chi connectivity index (χ0) is 13.2. The summed E-state index contributed by atoms with van der Waals surface area (Å²) in [5.74, 6) is -0.735. The molecule has 0 amide bonds. The first-order chi connectivity index (χ1) is 8.55. The maximum Gasteiger partial charge on any atom is 0.309 e. The summed E-state index contributed by atoms with van der Waals surface area (Å²) < 4.78 is 0. The van der Waals surface area contributed by atoms with E-state index in [4.69, 9.17) is 0 Å². The second-order valence-electron chi connectivity index (χ2n) is 5.05. The summed E-state index contributed by atoms with van der Waals surface area (Å²) in [6.07, 6.45) is 5.56. The number of hydrogen-bond acceptors (Lipinski definition) is 2. The Morgan fingerprint density at radius 1 is 1.56 bits per heavy atom. The van der Waals surface area contributed by atoms with Crippen molar-refractivity contribution in [2.45, 2.75) is 33.1 Å². The van der Waals surface area contributed by atoms with Gasteiger partial charge in [0, 0.05) is 23.7 Å². The van der Waals surface area contributed by atoms with Crippen LogP contribution in [-0.4, -0.2) is 21.0 Å². The molecule has 2 rings (SSSR count). The van der Waals surface area contributed by atoms with E-state index in [0.29, 0.717) is 12.8 Å². The highest BCUT2D eigenvalue weighted by Crippen LogP contribution is 2.29. The average molecular weight is 246 g/mol. The summed E-state index contributed by atoms with van der Waals surface area (Å²) in [4.78, 5) is 18.7. The molecule has 0 spiro atoms. The Balaban J connectivity index is 2.28. The summed E-state index contributed by atoms with van der Waals surface area (Å²) in [5, 5.41) is 10.4. The van der Waals surface area contributed by atoms with Gasteiger partial charge in [0.25, 0.3) is 0 Å². The topological polar surface area (TPSA) is 66.0 Å². The molecule has 2 N–H and O–H groups in total. The molecule has 4 nitrogen and oxygen atoms in total. The molecular weight excluding hydrogens is 228 g/mol. The molecular formula is C14H18N2O2. The molecule has 0 saturated carbocycles. The molecule has 0 aliphatic carbocycles. The van der Waals surface area contributed by atoms with Gasteiger partial charge in [0.1, 0.15) is 0 Å². The fourth-order valence-electron chi connectivity index (χ4n) is 2.37. The molecule has 0 aliphatic heterocycles. The van der Waals surface area contributed by atoms with Crippen molar-refractivity contribution < 1.29 is 9.90 Å². The van der Waals surface area contributed by atoms with Gasteiger partial charge in [-0.2, -0.15) is 0 Å². The monoisotopic (exact) mass is 246 g/mol. The molecule has 0 fully saturated rings. The van der Waals surface area contributed by atoms with Crippen LogP contribution in [0.2, 0.25) is 0 Å². The Morgan fingerprint density at radius 2 is 2.33 bits per heavy atom. The van der Waals surface area contributed by atoms with Crippen LogP contribution in [0.4, 0.5) is 0 Å². The standard InChI is InChI=1S/C14H18N2O2/c1-3-5-14(2,13(17)18)8-11-7-10-4-6-15-9-12(10)16-11/h4,6-7,9,16H,3,5,8H2,1-2H3,(H,17,18). The normalized spacial score (nSPS) is 14.6. The number of hydrogen-bond donors (Lipinski definition) is 2. The van der Waals surface area contributed by atoms with Crippen molar-refractivity contribution >= 4 is 16.9 Å². The largest absolute Gasteiger partial charge is 0.481 e. The van der Waals surface area contributed by atoms with E-state index in [-0.39, 0.29) is 0 Å². The SMILES string of the molecule is CCCC(C)(Cc1cc2ccncc2[nH]1)C(=O)O. The number of aromatic nitrogens is 2. The van der Waals surface area contributed by atoms with Gasteiger partial charge in [-0.05, 0) is 25.5 Å². The number of nitrogens with one attached hydrogen (secondary N) is 1. The predicted octanol–water partition coefficient (Wildman–Crippen LogP) is 3.00. The van der Waals surface area contributed by atoms with Gasteiger partial charge >= 0.3 is 5.97 Å². The first-order valence-electron chi connectivity index (χ1n) is 6.20. The van der Waals surface area contributed by atoms with Crippen molar-refractivity contribution in [2.24, 2.45) is 5.41 Å². The van der Waals surface area contributed by atoms with Crippen LogP contribution in [0.15, 0.2) is 24.5 Å². The Kier molecular flexibility index (Phi) is 3.36. The summed E-state index contributed by atoms with van der Waals surface area (Å²) in [7, 11) is 0. The molecule has 0 radical (unpaired) electrons. The fourth-order valence-corrected chi connectivity index (χ4v) is 2.37. The fraction of sp³-hybridized carbons (Fsp3) is 0.429. The van der Waals surface area contributed by atoms with E-state index in [1.165, 1.54) is 0 Å². The van der Waals surface area contributed by atoms with Crippen molar-refractivity contribution in [2.75, 3.05) is 0 Å². The Labute approximate surface area is 106 Å². The number of nitrogens with zero attached hydrogens (tertiary/aromatic N) is 1. The molecule has 4 heteroatoms. The van der Waals surface area contributed by atoms with Crippen molar-refractivity contribution in [1.82, 2.24) is 9.97 Å². The van der Waals surface area contributed by atoms with Crippen LogP contribution < -0.4 is 0 Å². The average Bonchev–Trinajstić information content (AvgIpc) is 2.70. The number of fused-ring (bicyclic) bond motifs is 1. The first-order valence-corrected chi connectivity index (χ1v) is 6.20. The van der Waals surface area contributed by atoms with Crippen LogP contribution in [-0.2, 0) is 11.2 Å². The summed E-state index contributed by atoms with van der Waals surface area (Å²) in [6, 6.07) is 3.93. The number of aliphatic carboxylic acids is 1. The van der Waals surface area contributed by atoms with Crippen LogP contribution in [0.25, 0.3) is 10.9 Å². The number of carboxylic acid groups (broad SMARTS) is 1. The van der Waals surface area contributed by atoms with Crippen molar-refractivity contribution in [3.05, 3.63) is 30.2 Å². The van der Waals surface area contributed by atoms with E-state index in [9.17, 15) is 9.90 Å². The van der Waals surface area contributed by atoms with Crippen molar-refractivity contribution in [1.29, 1.82) is 0 Å². The number of carboxylic acids is 1. The second-order valence-corrected chi connectivity index (χ2v) is 5.05. The lowest BCUT2D eigenvalue weighted by molar-refractivity contribution is -0.148. The smallest absolute Gasteiger partial charge is 0.309 e. The van der Waals surface area contributed by atoms with Crippen LogP contribution in [0, 0.1) is 5.41 Å². The van der Waals surface area contributed by atoms with Gasteiger partial charge < -0.3 is 10.1 Å². The molecule has 2 aromatic heterocycles. The molecule has 0 bridgehead atoms. The Hall–Kier alpha value is -1.84. The summed E-state index contributed by atoms with van der Waals surface area (Å²) in [5.41, 5.74) is 1.20. The molecule has 0 aliphatic rings. The second kappa shape index (κ2) is 4.80. The first kappa shape index (κ1) is 12.6. The maximum absolute atomic E-state index is 11.4. The van der Waals surface area contributed by atoms with Gasteiger partial charge in [0.2, 0.25) is 0 Å². The Morgan fingerprint density at radius 3 is 2.94 bits per heavy atom. The molecule has 2 heterocycles. The number of carbonyl (C=O) groups is 1. The van der Waals surface area contributed by atoms with Crippen LogP contribution in [0.5, 0.6) is 0 Å². The molecule has 1 atom stereocenters. The molecule has 96 valence electrons. The number of rotatable bonds is 5. The third-order valence-electron chi connectivity index (χ3n) is 3.38. The van der Waals surface area contributed by atoms with Gasteiger partial charge in [-0.15, -0.1) is 0 Å². The van der Waals surface area contributed by atoms with Crippen LogP contribution >= 0.6 is 0 Å². The number of pyridine rings is 1. The lowest BCUT2D eigenvalue weighted by Crippen LogP contribution is -2.30. The van der Waals surface area contributed by atoms with E-state index in [0.717, 1.165) is 23.0 Å². The van der Waals surface area contributed by atoms with Gasteiger partial charge in [-0.25, -0.2) is 0 Å². The third-order valence-corrected chi connectivity index (χ3v) is 3.38. The van der Waals surface area contributed by atoms with E-state index < -0.39 is 11.4 Å². The lowest BCUT2D eigenvalue weighted by atomic mass is 9.81. The minimum Gasteiger partial charge on any atom is -0.481 e. The van der Waals surface area contributed by atoms with Gasteiger partial charge in [0.15, 0.2) is 0 Å². The van der Waals surface area contributed by atoms with Crippen molar-refractivity contribution in [3.8, 4) is 0 Å². The minimum atomic E-state index is -0.735. The van der Waals surface area contributed by atoms with Crippen LogP contribution in [0.1, 0.15) is 32.4 Å². The van der Waals surface area contributed by atoms with E-state index >= 15 is 0 Å². The van der Waals surface area contributed by atoms with Gasteiger partial charge in [-0.3, -0.25) is 9.78 Å². The minimum absolute atomic E-state index is 0.519. The highest BCUT2D eigenvalue weighted by Gasteiger charge is 2.32. The molecule has 2 aromatic rings. The molecule has 18 heavy (non-hydrogen) atoms. The zero-order valence-electron chi connectivity index (χ0n) is 10.7. The van der Waals surface area contributed by atoms with Crippen molar-refractivity contribution in [3.63, 3.8) is 0 Å². The van der Waals surface area contributed by atoms with Gasteiger partial charge in [0.05, 0.1) is 17.1 Å². The quantitative estimate of drug-likeness (QED) is 0.852. The maximum atomic E-state index is 11.4. The highest BCUT2D eigenvalue weighted by molar-refractivity contribution is 5.80. The van der Waals surface area contributed by atoms with E-state index in [1.54, 1.807) is 12.4 Å². The number of H-pyrrole nitrogens is 1. The predicted molar refractivity (Wildman–Crippen MR) is 70.4 cm³/mol. The van der Waals surface area contributed by atoms with Gasteiger partial charge in [-0.1, -0.05) is 13.3 Å². The summed E-state index contributed by atoms with van der Waals surface area (Å²) >= 11 is 0. The molecule has 1 unspecified atom stereocenters. The van der Waals surface area contributed by atoms with Crippen LogP contribution in [0.3, 0.4) is 0 Å². The highest BCUT2D eigenvalue weighted by atomic mass is 16.4. The van der Waals surface area contributed by atoms with E-state index in [2.05, 4.69) is 9.97 Å². The molecule has 0 aromatic carbocycles.